The van der Waals surface area contributed by atoms with E-state index in [-0.39, 0.29) is 11.9 Å². The number of carbonyl (C=O) groups excluding carboxylic acids is 2. The highest BCUT2D eigenvalue weighted by Gasteiger charge is 2.13. The lowest BCUT2D eigenvalue weighted by molar-refractivity contribution is 0.0944. The Hall–Kier alpha value is -3.72. The Balaban J connectivity index is 1.47. The zero-order valence-electron chi connectivity index (χ0n) is 19.8. The maximum Gasteiger partial charge on any atom is 0.321 e. The van der Waals surface area contributed by atoms with E-state index >= 15 is 0 Å². The lowest BCUT2D eigenvalue weighted by atomic mass is 10.1. The van der Waals surface area contributed by atoms with Gasteiger partial charge in [0.1, 0.15) is 0 Å². The monoisotopic (exact) mass is 465 g/mol. The van der Waals surface area contributed by atoms with Gasteiger partial charge in [-0.1, -0.05) is 22.9 Å². The van der Waals surface area contributed by atoms with Crippen LogP contribution in [0.1, 0.15) is 35.1 Å². The number of amides is 3. The third-order valence-corrected chi connectivity index (χ3v) is 5.14. The summed E-state index contributed by atoms with van der Waals surface area (Å²) in [5, 5.41) is 9.73. The van der Waals surface area contributed by atoms with Crippen molar-refractivity contribution in [3.8, 4) is 11.5 Å². The number of ether oxygens (including phenoxy) is 1. The third kappa shape index (κ3) is 7.41. The Morgan fingerprint density at radius 3 is 2.53 bits per heavy atom. The van der Waals surface area contributed by atoms with Crippen LogP contribution in [0, 0.1) is 6.92 Å². The maximum absolute atomic E-state index is 12.4. The first kappa shape index (κ1) is 24.9. The number of anilines is 1. The van der Waals surface area contributed by atoms with Gasteiger partial charge in [-0.2, -0.15) is 4.98 Å². The van der Waals surface area contributed by atoms with Gasteiger partial charge >= 0.3 is 6.03 Å². The maximum atomic E-state index is 12.4. The molecule has 0 radical (unpaired) electrons. The van der Waals surface area contributed by atoms with E-state index in [9.17, 15) is 9.59 Å². The lowest BCUT2D eigenvalue weighted by Gasteiger charge is -2.17. The number of nitrogens with one attached hydrogen (secondary N) is 2. The molecule has 0 aliphatic heterocycles. The summed E-state index contributed by atoms with van der Waals surface area (Å²) in [6.07, 6.45) is 1.22. The molecular formula is C25H31N5O4. The largest absolute Gasteiger partial charge is 0.382 e. The van der Waals surface area contributed by atoms with Gasteiger partial charge in [-0.05, 0) is 56.7 Å². The zero-order chi connectivity index (χ0) is 24.3. The minimum atomic E-state index is -0.209. The standard InChI is InChI=1S/C25H31N5O4/c1-4-33-17-5-15-26-23(31)19-8-10-20(11-9-19)24-28-22(29-34-24)14-16-30(3)25(32)27-21-12-6-18(2)7-13-21/h6-13H,4-5,14-17H2,1-3H3,(H,26,31)(H,27,32). The number of benzene rings is 2. The van der Waals surface area contributed by atoms with Gasteiger partial charge in [-0.15, -0.1) is 0 Å². The predicted octanol–water partition coefficient (Wildman–Crippen LogP) is 3.91. The summed E-state index contributed by atoms with van der Waals surface area (Å²) in [7, 11) is 1.71. The number of likely N-dealkylation sites (N-methyl/N-ethyl adjacent to an activating group) is 1. The van der Waals surface area contributed by atoms with Gasteiger partial charge in [-0.3, -0.25) is 4.79 Å². The van der Waals surface area contributed by atoms with Crippen LogP contribution >= 0.6 is 0 Å². The van der Waals surface area contributed by atoms with E-state index in [2.05, 4.69) is 20.8 Å². The second-order valence-corrected chi connectivity index (χ2v) is 7.87. The summed E-state index contributed by atoms with van der Waals surface area (Å²) < 4.78 is 10.6. The Kier molecular flexibility index (Phi) is 9.16. The van der Waals surface area contributed by atoms with E-state index in [1.165, 1.54) is 0 Å². The first-order valence-electron chi connectivity index (χ1n) is 11.3. The molecule has 0 aliphatic carbocycles. The Morgan fingerprint density at radius 2 is 1.82 bits per heavy atom. The van der Waals surface area contributed by atoms with Gasteiger partial charge in [0.2, 0.25) is 0 Å². The van der Waals surface area contributed by atoms with E-state index in [0.29, 0.717) is 50.0 Å². The molecule has 2 N–H and O–H groups in total. The minimum absolute atomic E-state index is 0.138. The highest BCUT2D eigenvalue weighted by Crippen LogP contribution is 2.18. The van der Waals surface area contributed by atoms with Crippen molar-refractivity contribution in [2.24, 2.45) is 0 Å². The van der Waals surface area contributed by atoms with Crippen molar-refractivity contribution in [2.75, 3.05) is 38.7 Å². The highest BCUT2D eigenvalue weighted by molar-refractivity contribution is 5.94. The summed E-state index contributed by atoms with van der Waals surface area (Å²) in [4.78, 5) is 30.6. The second kappa shape index (κ2) is 12.5. The van der Waals surface area contributed by atoms with E-state index < -0.39 is 0 Å². The molecule has 0 unspecified atom stereocenters. The molecule has 0 saturated carbocycles. The number of rotatable bonds is 11. The zero-order valence-corrected chi connectivity index (χ0v) is 19.8. The Morgan fingerprint density at radius 1 is 1.09 bits per heavy atom. The predicted molar refractivity (Wildman–Crippen MR) is 130 cm³/mol. The molecule has 0 fully saturated rings. The minimum Gasteiger partial charge on any atom is -0.382 e. The fourth-order valence-electron chi connectivity index (χ4n) is 3.08. The molecule has 0 atom stereocenters. The quantitative estimate of drug-likeness (QED) is 0.416. The highest BCUT2D eigenvalue weighted by atomic mass is 16.5. The fraction of sp³-hybridized carbons (Fsp3) is 0.360. The van der Waals surface area contributed by atoms with Crippen molar-refractivity contribution in [2.45, 2.75) is 26.7 Å². The molecule has 1 heterocycles. The number of hydrogen-bond donors (Lipinski definition) is 2. The van der Waals surface area contributed by atoms with Gasteiger partial charge in [0.15, 0.2) is 5.82 Å². The van der Waals surface area contributed by atoms with E-state index in [0.717, 1.165) is 23.2 Å². The summed E-state index contributed by atoms with van der Waals surface area (Å²) in [6, 6.07) is 14.4. The Labute approximate surface area is 199 Å². The van der Waals surface area contributed by atoms with Crippen LogP contribution in [-0.4, -0.2) is 60.3 Å². The van der Waals surface area contributed by atoms with Gasteiger partial charge in [0.05, 0.1) is 0 Å². The molecule has 2 aromatic carbocycles. The van der Waals surface area contributed by atoms with Crippen LogP contribution in [0.2, 0.25) is 0 Å². The van der Waals surface area contributed by atoms with E-state index in [1.54, 1.807) is 36.2 Å². The van der Waals surface area contributed by atoms with Crippen molar-refractivity contribution >= 4 is 17.6 Å². The van der Waals surface area contributed by atoms with Crippen LogP contribution in [0.15, 0.2) is 53.1 Å². The molecule has 180 valence electrons. The molecule has 3 rings (SSSR count). The van der Waals surface area contributed by atoms with Crippen molar-refractivity contribution in [3.05, 3.63) is 65.5 Å². The smallest absolute Gasteiger partial charge is 0.321 e. The molecule has 0 bridgehead atoms. The van der Waals surface area contributed by atoms with Gasteiger partial charge in [0.25, 0.3) is 11.8 Å². The normalized spacial score (nSPS) is 10.7. The molecule has 34 heavy (non-hydrogen) atoms. The number of aromatic nitrogens is 2. The molecule has 0 saturated heterocycles. The molecule has 1 aromatic heterocycles. The molecule has 3 amide bonds. The fourth-order valence-corrected chi connectivity index (χ4v) is 3.08. The van der Waals surface area contributed by atoms with Gasteiger partial charge in [0, 0.05) is 56.6 Å². The number of carbonyl (C=O) groups is 2. The molecule has 0 spiro atoms. The molecular weight excluding hydrogens is 434 g/mol. The topological polar surface area (TPSA) is 110 Å². The number of aryl methyl sites for hydroxylation is 1. The van der Waals surface area contributed by atoms with E-state index in [4.69, 9.17) is 9.26 Å². The molecule has 9 nitrogen and oxygen atoms in total. The van der Waals surface area contributed by atoms with Crippen molar-refractivity contribution < 1.29 is 18.8 Å². The van der Waals surface area contributed by atoms with Crippen LogP contribution < -0.4 is 10.6 Å². The van der Waals surface area contributed by atoms with Crippen molar-refractivity contribution in [3.63, 3.8) is 0 Å². The summed E-state index contributed by atoms with van der Waals surface area (Å²) in [5.74, 6) is 0.729. The van der Waals surface area contributed by atoms with Crippen molar-refractivity contribution in [1.82, 2.24) is 20.4 Å². The SMILES string of the molecule is CCOCCCNC(=O)c1ccc(-c2nc(CCN(C)C(=O)Nc3ccc(C)cc3)no2)cc1. The first-order chi connectivity index (χ1) is 16.5. The van der Waals surface area contributed by atoms with Crippen LogP contribution in [-0.2, 0) is 11.2 Å². The number of urea groups is 1. The van der Waals surface area contributed by atoms with Crippen LogP contribution in [0.25, 0.3) is 11.5 Å². The summed E-state index contributed by atoms with van der Waals surface area (Å²) in [6.45, 7) is 6.23. The van der Waals surface area contributed by atoms with Crippen LogP contribution in [0.5, 0.6) is 0 Å². The van der Waals surface area contributed by atoms with E-state index in [1.807, 2.05) is 38.1 Å². The first-order valence-corrected chi connectivity index (χ1v) is 11.3. The molecule has 3 aromatic rings. The number of nitrogens with zero attached hydrogens (tertiary/aromatic N) is 3. The van der Waals surface area contributed by atoms with Crippen LogP contribution in [0.3, 0.4) is 0 Å². The van der Waals surface area contributed by atoms with Crippen molar-refractivity contribution in [1.29, 1.82) is 0 Å². The third-order valence-electron chi connectivity index (χ3n) is 5.14. The second-order valence-electron chi connectivity index (χ2n) is 7.87. The Bertz CT molecular complexity index is 1060. The summed E-state index contributed by atoms with van der Waals surface area (Å²) >= 11 is 0. The molecule has 9 heteroatoms. The summed E-state index contributed by atoms with van der Waals surface area (Å²) in [5.41, 5.74) is 3.15. The average Bonchev–Trinajstić information content (AvgIpc) is 3.33. The number of hydrogen-bond acceptors (Lipinski definition) is 6. The van der Waals surface area contributed by atoms with Crippen LogP contribution in [0.4, 0.5) is 10.5 Å². The van der Waals surface area contributed by atoms with Gasteiger partial charge in [-0.25, -0.2) is 4.79 Å². The lowest BCUT2D eigenvalue weighted by Crippen LogP contribution is -2.33. The molecule has 0 aliphatic rings. The van der Waals surface area contributed by atoms with Gasteiger partial charge < -0.3 is 24.8 Å². The average molecular weight is 466 g/mol.